The van der Waals surface area contributed by atoms with Crippen molar-refractivity contribution in [1.29, 1.82) is 0 Å². The third-order valence-electron chi connectivity index (χ3n) is 4.48. The highest BCUT2D eigenvalue weighted by molar-refractivity contribution is 5.85. The molecule has 2 aromatic rings. The fourth-order valence-corrected chi connectivity index (χ4v) is 3.06. The highest BCUT2D eigenvalue weighted by atomic mass is 35.5. The SMILES string of the molecule is Cc1ccc(-c2cc(CN(C)C3CCCNCC3)on2)cc1.Cl. The largest absolute Gasteiger partial charge is 0.359 e. The molecule has 0 bridgehead atoms. The highest BCUT2D eigenvalue weighted by Crippen LogP contribution is 2.21. The maximum atomic E-state index is 5.53. The molecule has 1 fully saturated rings. The second-order valence-electron chi connectivity index (χ2n) is 6.29. The molecule has 2 heterocycles. The average Bonchev–Trinajstić information content (AvgIpc) is 2.81. The van der Waals surface area contributed by atoms with Gasteiger partial charge in [0.2, 0.25) is 0 Å². The lowest BCUT2D eigenvalue weighted by Gasteiger charge is -2.25. The van der Waals surface area contributed by atoms with E-state index in [9.17, 15) is 0 Å². The molecular formula is C18H26ClN3O. The van der Waals surface area contributed by atoms with Gasteiger partial charge >= 0.3 is 0 Å². The standard InChI is InChI=1S/C18H25N3O.ClH/c1-14-5-7-15(8-6-14)18-12-17(22-20-18)13-21(2)16-4-3-10-19-11-9-16;/h5-8,12,16,19H,3-4,9-11,13H2,1-2H3;1H. The molecule has 1 aliphatic rings. The first-order valence-corrected chi connectivity index (χ1v) is 8.16. The minimum Gasteiger partial charge on any atom is -0.359 e. The van der Waals surface area contributed by atoms with Crippen molar-refractivity contribution in [3.63, 3.8) is 0 Å². The van der Waals surface area contributed by atoms with Gasteiger partial charge in [-0.05, 0) is 46.3 Å². The Morgan fingerprint density at radius 3 is 2.78 bits per heavy atom. The third-order valence-corrected chi connectivity index (χ3v) is 4.48. The molecule has 5 heteroatoms. The normalized spacial score (nSPS) is 18.5. The molecule has 126 valence electrons. The summed E-state index contributed by atoms with van der Waals surface area (Å²) in [6, 6.07) is 11.1. The lowest BCUT2D eigenvalue weighted by Crippen LogP contribution is -2.31. The zero-order chi connectivity index (χ0) is 15.4. The Morgan fingerprint density at radius 1 is 1.22 bits per heavy atom. The van der Waals surface area contributed by atoms with Gasteiger partial charge in [-0.25, -0.2) is 0 Å². The number of halogens is 1. The molecule has 1 atom stereocenters. The molecular weight excluding hydrogens is 310 g/mol. The van der Waals surface area contributed by atoms with E-state index in [1.54, 1.807) is 0 Å². The summed E-state index contributed by atoms with van der Waals surface area (Å²) in [6.07, 6.45) is 3.71. The van der Waals surface area contributed by atoms with Crippen molar-refractivity contribution in [1.82, 2.24) is 15.4 Å². The van der Waals surface area contributed by atoms with Gasteiger partial charge in [0.05, 0.1) is 6.54 Å². The van der Waals surface area contributed by atoms with Crippen LogP contribution in [0.3, 0.4) is 0 Å². The molecule has 1 aliphatic heterocycles. The van der Waals surface area contributed by atoms with Crippen LogP contribution in [0.4, 0.5) is 0 Å². The summed E-state index contributed by atoms with van der Waals surface area (Å²) in [6.45, 7) is 5.17. The topological polar surface area (TPSA) is 41.3 Å². The van der Waals surface area contributed by atoms with Crippen LogP contribution in [0.5, 0.6) is 0 Å². The zero-order valence-corrected chi connectivity index (χ0v) is 14.7. The molecule has 4 nitrogen and oxygen atoms in total. The maximum Gasteiger partial charge on any atom is 0.151 e. The van der Waals surface area contributed by atoms with Gasteiger partial charge in [-0.15, -0.1) is 12.4 Å². The second kappa shape index (κ2) is 8.48. The van der Waals surface area contributed by atoms with Crippen LogP contribution < -0.4 is 5.32 Å². The van der Waals surface area contributed by atoms with Gasteiger partial charge in [0, 0.05) is 17.7 Å². The number of nitrogens with zero attached hydrogens (tertiary/aromatic N) is 2. The van der Waals surface area contributed by atoms with E-state index in [1.807, 2.05) is 0 Å². The molecule has 1 saturated heterocycles. The van der Waals surface area contributed by atoms with Gasteiger partial charge in [-0.3, -0.25) is 4.90 Å². The van der Waals surface area contributed by atoms with Crippen LogP contribution in [0.1, 0.15) is 30.6 Å². The Hall–Kier alpha value is -1.36. The zero-order valence-electron chi connectivity index (χ0n) is 13.9. The number of hydrogen-bond acceptors (Lipinski definition) is 4. The molecule has 1 N–H and O–H groups in total. The first-order chi connectivity index (χ1) is 10.7. The summed E-state index contributed by atoms with van der Waals surface area (Å²) in [4.78, 5) is 2.40. The first-order valence-electron chi connectivity index (χ1n) is 8.16. The Morgan fingerprint density at radius 2 is 2.00 bits per heavy atom. The Balaban J connectivity index is 0.00000192. The summed E-state index contributed by atoms with van der Waals surface area (Å²) in [5, 5.41) is 7.68. The smallest absolute Gasteiger partial charge is 0.151 e. The van der Waals surface area contributed by atoms with Gasteiger partial charge in [-0.2, -0.15) is 0 Å². The lowest BCUT2D eigenvalue weighted by molar-refractivity contribution is 0.193. The van der Waals surface area contributed by atoms with E-state index in [0.29, 0.717) is 6.04 Å². The summed E-state index contributed by atoms with van der Waals surface area (Å²) < 4.78 is 5.53. The number of benzene rings is 1. The van der Waals surface area contributed by atoms with Crippen LogP contribution in [0.2, 0.25) is 0 Å². The maximum absolute atomic E-state index is 5.53. The Labute approximate surface area is 144 Å². The fourth-order valence-electron chi connectivity index (χ4n) is 3.06. The second-order valence-corrected chi connectivity index (χ2v) is 6.29. The van der Waals surface area contributed by atoms with E-state index < -0.39 is 0 Å². The van der Waals surface area contributed by atoms with Gasteiger partial charge in [-0.1, -0.05) is 35.0 Å². The van der Waals surface area contributed by atoms with Crippen LogP contribution in [0, 0.1) is 6.92 Å². The quantitative estimate of drug-likeness (QED) is 0.926. The van der Waals surface area contributed by atoms with E-state index in [-0.39, 0.29) is 12.4 Å². The van der Waals surface area contributed by atoms with Crippen molar-refractivity contribution in [3.05, 3.63) is 41.7 Å². The highest BCUT2D eigenvalue weighted by Gasteiger charge is 2.18. The molecule has 1 aromatic heterocycles. The summed E-state index contributed by atoms with van der Waals surface area (Å²) >= 11 is 0. The molecule has 1 unspecified atom stereocenters. The molecule has 0 saturated carbocycles. The molecule has 1 aromatic carbocycles. The van der Waals surface area contributed by atoms with E-state index in [2.05, 4.69) is 59.7 Å². The Bertz CT molecular complexity index is 589. The van der Waals surface area contributed by atoms with Gasteiger partial charge < -0.3 is 9.84 Å². The van der Waals surface area contributed by atoms with Crippen molar-refractivity contribution in [2.24, 2.45) is 0 Å². The predicted octanol–water partition coefficient (Wildman–Crippen LogP) is 3.65. The predicted molar refractivity (Wildman–Crippen MR) is 95.9 cm³/mol. The first kappa shape index (κ1) is 18.0. The minimum absolute atomic E-state index is 0. The number of aromatic nitrogens is 1. The van der Waals surface area contributed by atoms with Crippen LogP contribution in [0.15, 0.2) is 34.9 Å². The molecule has 0 radical (unpaired) electrons. The number of rotatable bonds is 4. The number of nitrogens with one attached hydrogen (secondary N) is 1. The van der Waals surface area contributed by atoms with E-state index in [1.165, 1.54) is 24.8 Å². The molecule has 3 rings (SSSR count). The molecule has 0 amide bonds. The van der Waals surface area contributed by atoms with Crippen LogP contribution in [-0.4, -0.2) is 36.2 Å². The third kappa shape index (κ3) is 4.80. The van der Waals surface area contributed by atoms with E-state index >= 15 is 0 Å². The van der Waals surface area contributed by atoms with Gasteiger partial charge in [0.25, 0.3) is 0 Å². The van der Waals surface area contributed by atoms with Crippen LogP contribution in [0.25, 0.3) is 11.3 Å². The molecule has 0 aliphatic carbocycles. The molecule has 23 heavy (non-hydrogen) atoms. The minimum atomic E-state index is 0. The molecule has 0 spiro atoms. The van der Waals surface area contributed by atoms with Crippen LogP contribution >= 0.6 is 12.4 Å². The average molecular weight is 336 g/mol. The van der Waals surface area contributed by atoms with Crippen molar-refractivity contribution in [2.45, 2.75) is 38.8 Å². The van der Waals surface area contributed by atoms with Crippen molar-refractivity contribution < 1.29 is 4.52 Å². The van der Waals surface area contributed by atoms with Crippen molar-refractivity contribution >= 4 is 12.4 Å². The van der Waals surface area contributed by atoms with Crippen molar-refractivity contribution in [3.8, 4) is 11.3 Å². The lowest BCUT2D eigenvalue weighted by atomic mass is 10.1. The van der Waals surface area contributed by atoms with Gasteiger partial charge in [0.1, 0.15) is 5.69 Å². The van der Waals surface area contributed by atoms with Crippen molar-refractivity contribution in [2.75, 3.05) is 20.1 Å². The summed E-state index contributed by atoms with van der Waals surface area (Å²) in [5.74, 6) is 0.940. The van der Waals surface area contributed by atoms with Crippen LogP contribution in [-0.2, 0) is 6.54 Å². The van der Waals surface area contributed by atoms with Gasteiger partial charge in [0.15, 0.2) is 5.76 Å². The van der Waals surface area contributed by atoms with E-state index in [0.717, 1.165) is 36.7 Å². The summed E-state index contributed by atoms with van der Waals surface area (Å²) in [7, 11) is 2.18. The fraction of sp³-hybridized carbons (Fsp3) is 0.500. The van der Waals surface area contributed by atoms with E-state index in [4.69, 9.17) is 4.52 Å². The number of aryl methyl sites for hydroxylation is 1. The number of hydrogen-bond donors (Lipinski definition) is 1. The monoisotopic (exact) mass is 335 g/mol. The Kier molecular flexibility index (Phi) is 6.63. The summed E-state index contributed by atoms with van der Waals surface area (Å²) in [5.41, 5.74) is 3.29.